The van der Waals surface area contributed by atoms with Crippen molar-refractivity contribution in [2.75, 3.05) is 13.1 Å². The Hall–Kier alpha value is -2.32. The molecule has 28 heavy (non-hydrogen) atoms. The highest BCUT2D eigenvalue weighted by molar-refractivity contribution is 5.11. The Morgan fingerprint density at radius 1 is 1.21 bits per heavy atom. The maximum atomic E-state index is 12.7. The minimum absolute atomic E-state index is 0.238. The molecule has 0 bridgehead atoms. The summed E-state index contributed by atoms with van der Waals surface area (Å²) in [5, 5.41) is 4.38. The zero-order chi connectivity index (χ0) is 19.9. The first-order valence-electron chi connectivity index (χ1n) is 9.85. The van der Waals surface area contributed by atoms with Crippen molar-refractivity contribution >= 4 is 0 Å². The van der Waals surface area contributed by atoms with Gasteiger partial charge in [0.15, 0.2) is 5.82 Å². The molecule has 8 heteroatoms. The molecule has 0 radical (unpaired) electrons. The SMILES string of the molecule is Cc1cccc(CN2CCC3(C2)Cn2c(nn(CC(C)C)c(=O)c2=O)CO3)n1. The van der Waals surface area contributed by atoms with Crippen LogP contribution >= 0.6 is 0 Å². The van der Waals surface area contributed by atoms with E-state index in [2.05, 4.69) is 15.0 Å². The van der Waals surface area contributed by atoms with Gasteiger partial charge < -0.3 is 4.74 Å². The Morgan fingerprint density at radius 3 is 2.79 bits per heavy atom. The topological polar surface area (TPSA) is 82.2 Å². The first-order chi connectivity index (χ1) is 13.3. The third kappa shape index (κ3) is 3.66. The third-order valence-corrected chi connectivity index (χ3v) is 5.43. The van der Waals surface area contributed by atoms with Crippen molar-refractivity contribution < 1.29 is 4.74 Å². The molecule has 1 atom stereocenters. The van der Waals surface area contributed by atoms with Gasteiger partial charge in [-0.25, -0.2) is 4.68 Å². The van der Waals surface area contributed by atoms with Gasteiger partial charge in [0.25, 0.3) is 0 Å². The standard InChI is InChI=1S/C20H27N5O3/c1-14(2)9-25-19(27)18(26)24-13-20(28-11-17(24)22-25)7-8-23(12-20)10-16-6-4-5-15(3)21-16/h4-6,14H,7-13H2,1-3H3. The summed E-state index contributed by atoms with van der Waals surface area (Å²) in [5.74, 6) is 0.775. The van der Waals surface area contributed by atoms with Crippen LogP contribution in [0, 0.1) is 12.8 Å². The van der Waals surface area contributed by atoms with E-state index in [4.69, 9.17) is 4.74 Å². The largest absolute Gasteiger partial charge is 0.364 e. The van der Waals surface area contributed by atoms with Gasteiger partial charge >= 0.3 is 11.1 Å². The number of rotatable bonds is 4. The number of likely N-dealkylation sites (tertiary alicyclic amines) is 1. The van der Waals surface area contributed by atoms with Crippen molar-refractivity contribution in [3.05, 3.63) is 56.1 Å². The van der Waals surface area contributed by atoms with Gasteiger partial charge in [-0.05, 0) is 31.4 Å². The Labute approximate surface area is 163 Å². The molecular formula is C20H27N5O3. The maximum Gasteiger partial charge on any atom is 0.332 e. The van der Waals surface area contributed by atoms with Gasteiger partial charge in [0.1, 0.15) is 12.2 Å². The van der Waals surface area contributed by atoms with Crippen LogP contribution in [-0.4, -0.2) is 42.9 Å². The molecule has 1 unspecified atom stereocenters. The number of ether oxygens (including phenoxy) is 1. The fourth-order valence-electron chi connectivity index (χ4n) is 4.10. The molecule has 2 aliphatic heterocycles. The second-order valence-corrected chi connectivity index (χ2v) is 8.39. The van der Waals surface area contributed by atoms with Crippen LogP contribution in [0.5, 0.6) is 0 Å². The van der Waals surface area contributed by atoms with E-state index in [1.807, 2.05) is 39.0 Å². The minimum atomic E-state index is -0.548. The fourth-order valence-corrected chi connectivity index (χ4v) is 4.10. The summed E-state index contributed by atoms with van der Waals surface area (Å²) in [6, 6.07) is 6.03. The molecule has 150 valence electrons. The molecule has 4 rings (SSSR count). The molecule has 0 saturated carbocycles. The van der Waals surface area contributed by atoms with Crippen molar-refractivity contribution in [1.29, 1.82) is 0 Å². The predicted octanol–water partition coefficient (Wildman–Crippen LogP) is 0.939. The van der Waals surface area contributed by atoms with E-state index in [1.165, 1.54) is 9.25 Å². The van der Waals surface area contributed by atoms with E-state index in [0.29, 0.717) is 25.5 Å². The number of pyridine rings is 1. The van der Waals surface area contributed by atoms with Gasteiger partial charge in [-0.3, -0.25) is 24.0 Å². The maximum absolute atomic E-state index is 12.7. The molecule has 2 aromatic rings. The second kappa shape index (κ2) is 7.25. The van der Waals surface area contributed by atoms with Crippen LogP contribution in [0.1, 0.15) is 37.5 Å². The number of hydrogen-bond donors (Lipinski definition) is 0. The summed E-state index contributed by atoms with van der Waals surface area (Å²) >= 11 is 0. The third-order valence-electron chi connectivity index (χ3n) is 5.43. The zero-order valence-electron chi connectivity index (χ0n) is 16.7. The number of aryl methyl sites for hydroxylation is 1. The normalized spacial score (nSPS) is 22.1. The number of fused-ring (bicyclic) bond motifs is 1. The highest BCUT2D eigenvalue weighted by Gasteiger charge is 2.43. The highest BCUT2D eigenvalue weighted by Crippen LogP contribution is 2.31. The van der Waals surface area contributed by atoms with Crippen molar-refractivity contribution in [3.8, 4) is 0 Å². The van der Waals surface area contributed by atoms with Crippen molar-refractivity contribution in [2.24, 2.45) is 5.92 Å². The van der Waals surface area contributed by atoms with Crippen LogP contribution in [0.2, 0.25) is 0 Å². The zero-order valence-corrected chi connectivity index (χ0v) is 16.7. The summed E-state index contributed by atoms with van der Waals surface area (Å²) in [6.45, 7) is 9.38. The minimum Gasteiger partial charge on any atom is -0.364 e. The molecular weight excluding hydrogens is 358 g/mol. The van der Waals surface area contributed by atoms with E-state index in [9.17, 15) is 9.59 Å². The quantitative estimate of drug-likeness (QED) is 0.729. The van der Waals surface area contributed by atoms with Gasteiger partial charge in [-0.15, -0.1) is 0 Å². The van der Waals surface area contributed by atoms with Crippen LogP contribution in [0.4, 0.5) is 0 Å². The lowest BCUT2D eigenvalue weighted by atomic mass is 10.0. The van der Waals surface area contributed by atoms with Crippen LogP contribution in [0.3, 0.4) is 0 Å². The summed E-state index contributed by atoms with van der Waals surface area (Å²) in [5.41, 5.74) is 0.549. The molecule has 0 N–H and O–H groups in total. The number of hydrogen-bond acceptors (Lipinski definition) is 6. The lowest BCUT2D eigenvalue weighted by Crippen LogP contribution is -2.53. The van der Waals surface area contributed by atoms with Crippen LogP contribution in [0.15, 0.2) is 27.8 Å². The van der Waals surface area contributed by atoms with Crippen molar-refractivity contribution in [2.45, 2.75) is 59.0 Å². The monoisotopic (exact) mass is 385 g/mol. The van der Waals surface area contributed by atoms with E-state index in [0.717, 1.165) is 30.9 Å². The van der Waals surface area contributed by atoms with Gasteiger partial charge in [-0.1, -0.05) is 19.9 Å². The van der Waals surface area contributed by atoms with Gasteiger partial charge in [0.05, 0.1) is 12.2 Å². The van der Waals surface area contributed by atoms with Crippen LogP contribution in [-0.2, 0) is 31.0 Å². The van der Waals surface area contributed by atoms with Crippen molar-refractivity contribution in [1.82, 2.24) is 24.2 Å². The van der Waals surface area contributed by atoms with Crippen LogP contribution < -0.4 is 11.1 Å². The van der Waals surface area contributed by atoms with Crippen LogP contribution in [0.25, 0.3) is 0 Å². The highest BCUT2D eigenvalue weighted by atomic mass is 16.5. The first kappa shape index (κ1) is 19.0. The lowest BCUT2D eigenvalue weighted by Gasteiger charge is -2.35. The molecule has 0 aromatic carbocycles. The summed E-state index contributed by atoms with van der Waals surface area (Å²) in [6.07, 6.45) is 0.819. The first-order valence-corrected chi connectivity index (χ1v) is 9.85. The predicted molar refractivity (Wildman–Crippen MR) is 104 cm³/mol. The van der Waals surface area contributed by atoms with E-state index in [-0.39, 0.29) is 12.5 Å². The van der Waals surface area contributed by atoms with Gasteiger partial charge in [0, 0.05) is 31.9 Å². The van der Waals surface area contributed by atoms with E-state index >= 15 is 0 Å². The molecule has 2 aliphatic rings. The summed E-state index contributed by atoms with van der Waals surface area (Å²) in [7, 11) is 0. The van der Waals surface area contributed by atoms with Gasteiger partial charge in [0.2, 0.25) is 0 Å². The smallest absolute Gasteiger partial charge is 0.332 e. The Kier molecular flexibility index (Phi) is 4.93. The summed E-state index contributed by atoms with van der Waals surface area (Å²) < 4.78 is 9.01. The Bertz CT molecular complexity index is 996. The average Bonchev–Trinajstić information content (AvgIpc) is 3.02. The Morgan fingerprint density at radius 2 is 2.04 bits per heavy atom. The molecule has 1 spiro atoms. The summed E-state index contributed by atoms with van der Waals surface area (Å²) in [4.78, 5) is 32.0. The second-order valence-electron chi connectivity index (χ2n) is 8.39. The number of aromatic nitrogens is 4. The lowest BCUT2D eigenvalue weighted by molar-refractivity contribution is -0.0860. The molecule has 0 amide bonds. The van der Waals surface area contributed by atoms with E-state index in [1.54, 1.807) is 0 Å². The Balaban J connectivity index is 1.53. The van der Waals surface area contributed by atoms with Crippen molar-refractivity contribution in [3.63, 3.8) is 0 Å². The molecule has 8 nitrogen and oxygen atoms in total. The fraction of sp³-hybridized carbons (Fsp3) is 0.600. The van der Waals surface area contributed by atoms with Gasteiger partial charge in [-0.2, -0.15) is 5.10 Å². The molecule has 0 aliphatic carbocycles. The molecule has 1 saturated heterocycles. The molecule has 1 fully saturated rings. The average molecular weight is 385 g/mol. The number of nitrogens with zero attached hydrogens (tertiary/aromatic N) is 5. The van der Waals surface area contributed by atoms with E-state index < -0.39 is 16.7 Å². The molecule has 2 aromatic heterocycles. The molecule has 4 heterocycles.